The van der Waals surface area contributed by atoms with Gasteiger partial charge in [0, 0.05) is 0 Å². The number of carbonyl (C=O) groups excluding carboxylic acids is 1. The van der Waals surface area contributed by atoms with Crippen molar-refractivity contribution < 1.29 is 26.4 Å². The maximum Gasteiger partial charge on any atom is 0.416 e. The molecule has 2 aromatic carbocycles. The number of alkyl halides is 3. The van der Waals surface area contributed by atoms with E-state index in [-0.39, 0.29) is 5.02 Å². The number of anilines is 1. The van der Waals surface area contributed by atoms with Crippen molar-refractivity contribution in [1.29, 1.82) is 0 Å². The second-order valence-corrected chi connectivity index (χ2v) is 8.45. The first-order valence-electron chi connectivity index (χ1n) is 8.08. The highest BCUT2D eigenvalue weighted by Crippen LogP contribution is 2.36. The lowest BCUT2D eigenvalue weighted by atomic mass is 10.1. The zero-order valence-electron chi connectivity index (χ0n) is 15.0. The summed E-state index contributed by atoms with van der Waals surface area (Å²) in [4.78, 5) is 12.4. The highest BCUT2D eigenvalue weighted by molar-refractivity contribution is 7.92. The second-order valence-electron chi connectivity index (χ2n) is 6.13. The summed E-state index contributed by atoms with van der Waals surface area (Å²) in [6.45, 7) is 0.992. The molecule has 10 heteroatoms. The van der Waals surface area contributed by atoms with Crippen molar-refractivity contribution in [2.75, 3.05) is 17.1 Å². The number of hydrogen-bond donors (Lipinski definition) is 1. The van der Waals surface area contributed by atoms with Crippen LogP contribution in [-0.4, -0.2) is 27.1 Å². The van der Waals surface area contributed by atoms with Gasteiger partial charge in [-0.15, -0.1) is 0 Å². The Morgan fingerprint density at radius 1 is 1.18 bits per heavy atom. The van der Waals surface area contributed by atoms with Crippen LogP contribution in [0.3, 0.4) is 0 Å². The summed E-state index contributed by atoms with van der Waals surface area (Å²) in [6.07, 6.45) is -3.90. The molecule has 0 aliphatic carbocycles. The lowest BCUT2D eigenvalue weighted by Gasteiger charge is -2.25. The molecule has 0 spiro atoms. The lowest BCUT2D eigenvalue weighted by molar-refractivity contribution is -0.137. The van der Waals surface area contributed by atoms with E-state index >= 15 is 0 Å². The summed E-state index contributed by atoms with van der Waals surface area (Å²) in [7, 11) is -4.08. The van der Waals surface area contributed by atoms with E-state index in [1.165, 1.54) is 0 Å². The molecule has 152 valence electrons. The van der Waals surface area contributed by atoms with Crippen LogP contribution in [0, 0.1) is 0 Å². The van der Waals surface area contributed by atoms with E-state index in [0.29, 0.717) is 10.4 Å². The van der Waals surface area contributed by atoms with Crippen LogP contribution in [-0.2, 0) is 21.0 Å². The third-order valence-corrected chi connectivity index (χ3v) is 5.35. The molecular formula is C18H18ClF3N2O3S. The Labute approximate surface area is 166 Å². The van der Waals surface area contributed by atoms with Gasteiger partial charge in [0.15, 0.2) is 0 Å². The Hall–Kier alpha value is -2.26. The van der Waals surface area contributed by atoms with Gasteiger partial charge in [-0.1, -0.05) is 41.9 Å². The van der Waals surface area contributed by atoms with Crippen LogP contribution in [0.2, 0.25) is 5.02 Å². The number of hydrogen-bond acceptors (Lipinski definition) is 3. The number of nitrogens with one attached hydrogen (secondary N) is 1. The second kappa shape index (κ2) is 8.40. The molecule has 1 unspecified atom stereocenters. The maximum absolute atomic E-state index is 13.0. The molecule has 0 aromatic heterocycles. The number of benzene rings is 2. The minimum Gasteiger partial charge on any atom is -0.348 e. The highest BCUT2D eigenvalue weighted by Gasteiger charge is 2.33. The number of sulfonamides is 1. The molecule has 1 amide bonds. The first-order valence-corrected chi connectivity index (χ1v) is 10.3. The molecule has 5 nitrogen and oxygen atoms in total. The van der Waals surface area contributed by atoms with Crippen molar-refractivity contribution >= 4 is 33.2 Å². The van der Waals surface area contributed by atoms with Crippen molar-refractivity contribution in [1.82, 2.24) is 5.32 Å². The fourth-order valence-electron chi connectivity index (χ4n) is 2.50. The molecule has 0 radical (unpaired) electrons. The maximum atomic E-state index is 13.0. The topological polar surface area (TPSA) is 66.5 Å². The number of halogens is 4. The van der Waals surface area contributed by atoms with Crippen molar-refractivity contribution in [3.63, 3.8) is 0 Å². The predicted octanol–water partition coefficient (Wildman–Crippen LogP) is 4.00. The van der Waals surface area contributed by atoms with E-state index in [1.54, 1.807) is 37.3 Å². The first-order chi connectivity index (χ1) is 12.9. The summed E-state index contributed by atoms with van der Waals surface area (Å²) >= 11 is 5.93. The summed E-state index contributed by atoms with van der Waals surface area (Å²) in [5.41, 5.74) is -0.695. The first kappa shape index (κ1) is 22.0. The average Bonchev–Trinajstić information content (AvgIpc) is 2.59. The van der Waals surface area contributed by atoms with Gasteiger partial charge in [-0.3, -0.25) is 9.10 Å². The lowest BCUT2D eigenvalue weighted by Crippen LogP contribution is -2.41. The monoisotopic (exact) mass is 434 g/mol. The van der Waals surface area contributed by atoms with Gasteiger partial charge in [0.1, 0.15) is 6.54 Å². The molecule has 0 saturated heterocycles. The molecule has 0 aliphatic heterocycles. The SMILES string of the molecule is CC(NC(=O)CN(c1cc(C(F)(F)F)ccc1Cl)S(C)(=O)=O)c1ccccc1. The average molecular weight is 435 g/mol. The van der Waals surface area contributed by atoms with Gasteiger partial charge in [-0.05, 0) is 30.7 Å². The fourth-order valence-corrected chi connectivity index (χ4v) is 3.63. The number of amides is 1. The van der Waals surface area contributed by atoms with Gasteiger partial charge in [0.2, 0.25) is 15.9 Å². The third-order valence-electron chi connectivity index (χ3n) is 3.91. The molecule has 1 atom stereocenters. The standard InChI is InChI=1S/C18H18ClF3N2O3S/c1-12(13-6-4-3-5-7-13)23-17(25)11-24(28(2,26)27)16-10-14(18(20,21)22)8-9-15(16)19/h3-10,12H,11H2,1-2H3,(H,23,25). The highest BCUT2D eigenvalue weighted by atomic mass is 35.5. The molecule has 0 heterocycles. The molecule has 2 rings (SSSR count). The predicted molar refractivity (Wildman–Crippen MR) is 102 cm³/mol. The van der Waals surface area contributed by atoms with E-state index < -0.39 is 45.9 Å². The van der Waals surface area contributed by atoms with E-state index in [2.05, 4.69) is 5.32 Å². The Kier molecular flexibility index (Phi) is 6.61. The van der Waals surface area contributed by atoms with Crippen LogP contribution < -0.4 is 9.62 Å². The molecule has 0 aliphatic rings. The van der Waals surface area contributed by atoms with E-state index in [4.69, 9.17) is 11.6 Å². The Morgan fingerprint density at radius 3 is 2.32 bits per heavy atom. The van der Waals surface area contributed by atoms with Crippen LogP contribution in [0.5, 0.6) is 0 Å². The van der Waals surface area contributed by atoms with Crippen LogP contribution in [0.4, 0.5) is 18.9 Å². The zero-order valence-corrected chi connectivity index (χ0v) is 16.6. The molecule has 0 fully saturated rings. The minimum absolute atomic E-state index is 0.220. The summed E-state index contributed by atoms with van der Waals surface area (Å²) in [5.74, 6) is -0.685. The van der Waals surface area contributed by atoms with Crippen LogP contribution in [0.1, 0.15) is 24.1 Å². The molecule has 0 saturated carbocycles. The van der Waals surface area contributed by atoms with Crippen molar-refractivity contribution in [2.24, 2.45) is 0 Å². The molecular weight excluding hydrogens is 417 g/mol. The van der Waals surface area contributed by atoms with Gasteiger partial charge in [-0.25, -0.2) is 8.42 Å². The fraction of sp³-hybridized carbons (Fsp3) is 0.278. The Bertz CT molecular complexity index is 950. The van der Waals surface area contributed by atoms with Crippen molar-refractivity contribution in [2.45, 2.75) is 19.1 Å². The van der Waals surface area contributed by atoms with Gasteiger partial charge in [0.25, 0.3) is 0 Å². The van der Waals surface area contributed by atoms with E-state index in [0.717, 1.165) is 24.0 Å². The van der Waals surface area contributed by atoms with Crippen LogP contribution >= 0.6 is 11.6 Å². The Balaban J connectivity index is 2.30. The number of nitrogens with zero attached hydrogens (tertiary/aromatic N) is 1. The van der Waals surface area contributed by atoms with E-state index in [1.807, 2.05) is 0 Å². The third kappa shape index (κ3) is 5.62. The van der Waals surface area contributed by atoms with Crippen LogP contribution in [0.15, 0.2) is 48.5 Å². The van der Waals surface area contributed by atoms with Crippen molar-refractivity contribution in [3.8, 4) is 0 Å². The largest absolute Gasteiger partial charge is 0.416 e. The molecule has 2 aromatic rings. The molecule has 28 heavy (non-hydrogen) atoms. The normalized spacial score (nSPS) is 13.1. The van der Waals surface area contributed by atoms with Gasteiger partial charge < -0.3 is 5.32 Å². The van der Waals surface area contributed by atoms with Gasteiger partial charge in [0.05, 0.1) is 28.6 Å². The summed E-state index contributed by atoms with van der Waals surface area (Å²) in [5, 5.41) is 2.40. The number of rotatable bonds is 6. The van der Waals surface area contributed by atoms with Gasteiger partial charge >= 0.3 is 6.18 Å². The van der Waals surface area contributed by atoms with E-state index in [9.17, 15) is 26.4 Å². The smallest absolute Gasteiger partial charge is 0.348 e. The van der Waals surface area contributed by atoms with Crippen LogP contribution in [0.25, 0.3) is 0 Å². The summed E-state index contributed by atoms with van der Waals surface area (Å²) < 4.78 is 63.8. The Morgan fingerprint density at radius 2 is 1.79 bits per heavy atom. The zero-order chi connectivity index (χ0) is 21.1. The number of carbonyl (C=O) groups is 1. The summed E-state index contributed by atoms with van der Waals surface area (Å²) in [6, 6.07) is 10.8. The van der Waals surface area contributed by atoms with Gasteiger partial charge in [-0.2, -0.15) is 13.2 Å². The molecule has 1 N–H and O–H groups in total. The minimum atomic E-state index is -4.69. The van der Waals surface area contributed by atoms with Crippen molar-refractivity contribution in [3.05, 3.63) is 64.7 Å². The quantitative estimate of drug-likeness (QED) is 0.747. The molecule has 0 bridgehead atoms.